The van der Waals surface area contributed by atoms with Gasteiger partial charge in [0.25, 0.3) is 0 Å². The Balaban J connectivity index is 3.36. The summed E-state index contributed by atoms with van der Waals surface area (Å²) in [5.41, 5.74) is 0. The van der Waals surface area contributed by atoms with E-state index in [9.17, 15) is 15.0 Å². The van der Waals surface area contributed by atoms with Crippen LogP contribution in [0, 0.1) is 0 Å². The first-order valence-corrected chi connectivity index (χ1v) is 17.6. The van der Waals surface area contributed by atoms with Gasteiger partial charge in [0.05, 0.1) is 18.8 Å². The van der Waals surface area contributed by atoms with Gasteiger partial charge >= 0.3 is 0 Å². The number of nitrogens with one attached hydrogen (secondary N) is 1. The van der Waals surface area contributed by atoms with Gasteiger partial charge in [-0.2, -0.15) is 0 Å². The topological polar surface area (TPSA) is 69.6 Å². The summed E-state index contributed by atoms with van der Waals surface area (Å²) in [6, 6.07) is -0.630. The molecule has 0 rings (SSSR count). The van der Waals surface area contributed by atoms with Crippen molar-refractivity contribution in [3.63, 3.8) is 0 Å². The first kappa shape index (κ1) is 38.9. The minimum atomic E-state index is -0.853. The molecule has 236 valence electrons. The molecule has 0 spiro atoms. The monoisotopic (exact) mass is 564 g/mol. The van der Waals surface area contributed by atoms with Crippen molar-refractivity contribution in [1.82, 2.24) is 5.32 Å². The van der Waals surface area contributed by atoms with Crippen molar-refractivity contribution in [2.75, 3.05) is 6.61 Å². The Hall–Kier alpha value is -1.13. The predicted molar refractivity (Wildman–Crippen MR) is 175 cm³/mol. The third kappa shape index (κ3) is 28.4. The first-order valence-electron chi connectivity index (χ1n) is 17.6. The van der Waals surface area contributed by atoms with Crippen LogP contribution in [0.3, 0.4) is 0 Å². The van der Waals surface area contributed by atoms with E-state index in [1.165, 1.54) is 135 Å². The molecule has 2 unspecified atom stereocenters. The van der Waals surface area contributed by atoms with Gasteiger partial charge < -0.3 is 15.5 Å². The molecule has 0 aliphatic rings. The van der Waals surface area contributed by atoms with Crippen LogP contribution in [0.4, 0.5) is 0 Å². The summed E-state index contributed by atoms with van der Waals surface area (Å²) < 4.78 is 0. The number of carbonyl (C=O) groups excluding carboxylic acids is 1. The lowest BCUT2D eigenvalue weighted by atomic mass is 10.0. The van der Waals surface area contributed by atoms with E-state index >= 15 is 0 Å². The zero-order valence-corrected chi connectivity index (χ0v) is 26.9. The van der Waals surface area contributed by atoms with Crippen molar-refractivity contribution in [2.45, 2.75) is 193 Å². The summed E-state index contributed by atoms with van der Waals surface area (Å²) in [7, 11) is 0. The van der Waals surface area contributed by atoms with E-state index in [2.05, 4.69) is 24.4 Å². The van der Waals surface area contributed by atoms with Gasteiger partial charge in [-0.05, 0) is 32.1 Å². The number of aliphatic hydroxyl groups is 2. The lowest BCUT2D eigenvalue weighted by Gasteiger charge is -2.19. The van der Waals surface area contributed by atoms with Gasteiger partial charge in [-0.1, -0.05) is 167 Å². The number of allylic oxidation sites excluding steroid dienone is 3. The van der Waals surface area contributed by atoms with Crippen LogP contribution in [0.25, 0.3) is 0 Å². The van der Waals surface area contributed by atoms with Crippen molar-refractivity contribution < 1.29 is 15.0 Å². The number of amides is 1. The lowest BCUT2D eigenvalue weighted by Crippen LogP contribution is -2.45. The minimum absolute atomic E-state index is 0.128. The van der Waals surface area contributed by atoms with Crippen LogP contribution in [0.2, 0.25) is 0 Å². The van der Waals surface area contributed by atoms with Crippen molar-refractivity contribution >= 4 is 5.91 Å². The van der Waals surface area contributed by atoms with Crippen molar-refractivity contribution in [3.05, 3.63) is 24.3 Å². The highest BCUT2D eigenvalue weighted by atomic mass is 16.3. The summed E-state index contributed by atoms with van der Waals surface area (Å²) in [4.78, 5) is 11.6. The molecule has 0 fully saturated rings. The maximum atomic E-state index is 11.6. The third-order valence-corrected chi connectivity index (χ3v) is 7.91. The van der Waals surface area contributed by atoms with Crippen LogP contribution in [-0.4, -0.2) is 34.9 Å². The quantitative estimate of drug-likeness (QED) is 0.0580. The lowest BCUT2D eigenvalue weighted by molar-refractivity contribution is -0.122. The molecule has 4 heteroatoms. The third-order valence-electron chi connectivity index (χ3n) is 7.91. The average Bonchev–Trinajstić information content (AvgIpc) is 2.95. The maximum absolute atomic E-state index is 11.6. The molecule has 4 nitrogen and oxygen atoms in total. The molecule has 0 saturated carbocycles. The fraction of sp³-hybridized carbons (Fsp3) is 0.861. The summed E-state index contributed by atoms with van der Waals surface area (Å²) in [6.45, 7) is 3.96. The van der Waals surface area contributed by atoms with Crippen LogP contribution in [0.5, 0.6) is 0 Å². The van der Waals surface area contributed by atoms with E-state index in [0.29, 0.717) is 6.42 Å². The van der Waals surface area contributed by atoms with Crippen LogP contribution >= 0.6 is 0 Å². The Kier molecular flexibility index (Phi) is 31.5. The normalized spacial score (nSPS) is 13.4. The summed E-state index contributed by atoms with van der Waals surface area (Å²) in [5, 5.41) is 22.2. The number of unbranched alkanes of at least 4 members (excludes halogenated alkanes) is 22. The molecule has 2 atom stereocenters. The molecule has 0 heterocycles. The Labute approximate surface area is 249 Å². The number of aliphatic hydroxyl groups excluding tert-OH is 2. The smallest absolute Gasteiger partial charge is 0.220 e. The Morgan fingerprint density at radius 1 is 0.575 bits per heavy atom. The van der Waals surface area contributed by atoms with E-state index < -0.39 is 12.1 Å². The molecule has 0 saturated heterocycles. The second-order valence-electron chi connectivity index (χ2n) is 11.9. The summed E-state index contributed by atoms with van der Waals surface area (Å²) in [6.07, 6.45) is 41.3. The zero-order valence-electron chi connectivity index (χ0n) is 26.9. The van der Waals surface area contributed by atoms with E-state index in [1.54, 1.807) is 6.08 Å². The van der Waals surface area contributed by atoms with Crippen molar-refractivity contribution in [2.24, 2.45) is 0 Å². The molecule has 3 N–H and O–H groups in total. The zero-order chi connectivity index (χ0) is 29.4. The number of hydrogen-bond acceptors (Lipinski definition) is 3. The van der Waals surface area contributed by atoms with Crippen LogP contribution < -0.4 is 5.32 Å². The van der Waals surface area contributed by atoms with E-state index in [1.807, 2.05) is 13.0 Å². The predicted octanol–water partition coefficient (Wildman–Crippen LogP) is 10.1. The molecule has 0 aliphatic heterocycles. The molecule has 0 aliphatic carbocycles. The van der Waals surface area contributed by atoms with Gasteiger partial charge in [0.15, 0.2) is 0 Å². The van der Waals surface area contributed by atoms with Gasteiger partial charge in [-0.3, -0.25) is 4.79 Å². The largest absolute Gasteiger partial charge is 0.394 e. The van der Waals surface area contributed by atoms with E-state index in [4.69, 9.17) is 0 Å². The molecular weight excluding hydrogens is 494 g/mol. The number of carbonyl (C=O) groups is 1. The van der Waals surface area contributed by atoms with Gasteiger partial charge in [-0.15, -0.1) is 0 Å². The fourth-order valence-corrected chi connectivity index (χ4v) is 5.24. The SMILES string of the molecule is CCCCCCCCCCCCCCCCCCCCCCC/C=C/CC/C=C/C(O)C(CO)NC(=O)CCC. The van der Waals surface area contributed by atoms with Crippen molar-refractivity contribution in [1.29, 1.82) is 0 Å². The highest BCUT2D eigenvalue weighted by Crippen LogP contribution is 2.15. The maximum Gasteiger partial charge on any atom is 0.220 e. The fourth-order valence-electron chi connectivity index (χ4n) is 5.24. The molecule has 0 aromatic rings. The molecule has 0 aromatic heterocycles. The molecule has 0 bridgehead atoms. The van der Waals surface area contributed by atoms with E-state index in [-0.39, 0.29) is 12.5 Å². The van der Waals surface area contributed by atoms with Gasteiger partial charge in [-0.25, -0.2) is 0 Å². The molecule has 0 aromatic carbocycles. The first-order chi connectivity index (χ1) is 19.7. The molecule has 40 heavy (non-hydrogen) atoms. The second-order valence-corrected chi connectivity index (χ2v) is 11.9. The highest BCUT2D eigenvalue weighted by molar-refractivity contribution is 5.76. The van der Waals surface area contributed by atoms with Crippen LogP contribution in [0.1, 0.15) is 181 Å². The minimum Gasteiger partial charge on any atom is -0.394 e. The number of hydrogen-bond donors (Lipinski definition) is 3. The number of rotatable bonds is 31. The molecule has 1 amide bonds. The molecule has 0 radical (unpaired) electrons. The summed E-state index contributed by atoms with van der Waals surface area (Å²) >= 11 is 0. The van der Waals surface area contributed by atoms with Crippen LogP contribution in [0.15, 0.2) is 24.3 Å². The van der Waals surface area contributed by atoms with Gasteiger partial charge in [0.1, 0.15) is 0 Å². The molecular formula is C36H69NO3. The highest BCUT2D eigenvalue weighted by Gasteiger charge is 2.17. The second kappa shape index (κ2) is 32.4. The standard InChI is InChI=1S/C36H69NO3/c1-3-5-6-7-8-9-10-11-12-13-14-15-16-17-18-19-20-21-22-23-24-25-26-27-28-29-30-32-35(39)34(33-38)37-36(40)31-4-2/h26-27,30,32,34-35,38-39H,3-25,28-29,31,33H2,1-2H3,(H,37,40)/b27-26+,32-30+. The van der Waals surface area contributed by atoms with Gasteiger partial charge in [0, 0.05) is 6.42 Å². The van der Waals surface area contributed by atoms with Crippen LogP contribution in [-0.2, 0) is 4.79 Å². The van der Waals surface area contributed by atoms with Crippen molar-refractivity contribution in [3.8, 4) is 0 Å². The Morgan fingerprint density at radius 2 is 0.975 bits per heavy atom. The summed E-state index contributed by atoms with van der Waals surface area (Å²) in [5.74, 6) is -0.128. The van der Waals surface area contributed by atoms with Gasteiger partial charge in [0.2, 0.25) is 5.91 Å². The Bertz CT molecular complexity index is 574. The average molecular weight is 564 g/mol. The van der Waals surface area contributed by atoms with E-state index in [0.717, 1.165) is 25.7 Å². The Morgan fingerprint density at radius 3 is 1.40 bits per heavy atom.